The van der Waals surface area contributed by atoms with Crippen molar-refractivity contribution in [3.63, 3.8) is 0 Å². The molecule has 0 aliphatic heterocycles. The van der Waals surface area contributed by atoms with E-state index in [2.05, 4.69) is 428 Å². The van der Waals surface area contributed by atoms with Gasteiger partial charge in [0.2, 0.25) is 0 Å². The Balaban J connectivity index is 0.861. The summed E-state index contributed by atoms with van der Waals surface area (Å²) in [6.45, 7) is 15.9. The summed E-state index contributed by atoms with van der Waals surface area (Å²) in [5.74, 6) is 0. The molecule has 19 rings (SSSR count). The van der Waals surface area contributed by atoms with Crippen LogP contribution in [0.1, 0.15) is 80.5 Å². The first-order valence-corrected chi connectivity index (χ1v) is 40.1. The molecule has 16 aromatic carbocycles. The Labute approximate surface area is 639 Å². The van der Waals surface area contributed by atoms with E-state index in [1.165, 1.54) is 59.7 Å². The van der Waals surface area contributed by atoms with E-state index >= 15 is 0 Å². The van der Waals surface area contributed by atoms with Crippen molar-refractivity contribution in [2.75, 3.05) is 9.80 Å². The van der Waals surface area contributed by atoms with Crippen molar-refractivity contribution in [3.05, 3.63) is 409 Å². The molecule has 0 saturated carbocycles. The van der Waals surface area contributed by atoms with Crippen LogP contribution in [0.4, 0.5) is 34.1 Å². The molecular weight excluding hydrogens is 1340 g/mol. The molecule has 1 aliphatic carbocycles. The molecule has 0 bridgehead atoms. The summed E-state index contributed by atoms with van der Waals surface area (Å²) in [5, 5.41) is 11.7. The first-order valence-electron chi connectivity index (χ1n) is 38.1. The normalized spacial score (nSPS) is 12.8. The minimum atomic E-state index is -3.04. The Hall–Kier alpha value is -12.8. The fraction of sp³-hybridized carbons (Fsp3) is 0.0962. The van der Waals surface area contributed by atoms with Crippen LogP contribution in [0.2, 0.25) is 0 Å². The van der Waals surface area contributed by atoms with Gasteiger partial charge in [-0.05, 0) is 160 Å². The molecule has 0 atom stereocenters. The molecule has 0 amide bonds. The number of para-hydroxylation sites is 4. The van der Waals surface area contributed by atoms with Gasteiger partial charge in [-0.15, -0.1) is 0 Å². The van der Waals surface area contributed by atoms with Crippen LogP contribution in [-0.4, -0.2) is 8.07 Å². The van der Waals surface area contributed by atoms with E-state index in [1.54, 1.807) is 0 Å². The van der Waals surface area contributed by atoms with Crippen LogP contribution in [0.15, 0.2) is 379 Å². The molecule has 0 radical (unpaired) electrons. The van der Waals surface area contributed by atoms with Crippen molar-refractivity contribution < 1.29 is 8.83 Å². The largest absolute Gasteiger partial charge is 0.453 e. The zero-order valence-electron chi connectivity index (χ0n) is 62.4. The van der Waals surface area contributed by atoms with Gasteiger partial charge in [-0.3, -0.25) is 0 Å². The number of nitrogens with zero attached hydrogens (tertiary/aromatic N) is 2. The molecule has 2 aromatic heterocycles. The number of rotatable bonds is 14. The zero-order valence-corrected chi connectivity index (χ0v) is 63.4. The number of hydrogen-bond acceptors (Lipinski definition) is 4. The quantitative estimate of drug-likeness (QED) is 0.0802. The first-order chi connectivity index (χ1) is 53.3. The molecule has 5 heteroatoms. The maximum absolute atomic E-state index is 7.86. The molecule has 2 heterocycles. The van der Waals surface area contributed by atoms with E-state index in [4.69, 9.17) is 8.83 Å². The van der Waals surface area contributed by atoms with Crippen LogP contribution in [0.5, 0.6) is 0 Å². The minimum absolute atomic E-state index is 0.0645. The minimum Gasteiger partial charge on any atom is -0.453 e. The van der Waals surface area contributed by atoms with Crippen LogP contribution in [0.25, 0.3) is 88.0 Å². The molecule has 109 heavy (non-hydrogen) atoms. The Morgan fingerprint density at radius 2 is 0.661 bits per heavy atom. The van der Waals surface area contributed by atoms with Crippen LogP contribution in [0.3, 0.4) is 0 Å². The molecule has 0 saturated heterocycles. The predicted octanol–water partition coefficient (Wildman–Crippen LogP) is 25.6. The third-order valence-electron chi connectivity index (χ3n) is 23.2. The maximum atomic E-state index is 7.86. The fourth-order valence-corrected chi connectivity index (χ4v) is 23.0. The lowest BCUT2D eigenvalue weighted by molar-refractivity contribution is 0.590. The fourth-order valence-electron chi connectivity index (χ4n) is 18.0. The second-order valence-corrected chi connectivity index (χ2v) is 35.2. The number of hydrogen-bond donors (Lipinski definition) is 0. The summed E-state index contributed by atoms with van der Waals surface area (Å²) in [7, 11) is -3.04. The molecular formula is C104H82N2O2Si. The van der Waals surface area contributed by atoms with Gasteiger partial charge in [0.1, 0.15) is 11.2 Å². The van der Waals surface area contributed by atoms with Gasteiger partial charge in [-0.2, -0.15) is 0 Å². The maximum Gasteiger partial charge on any atom is 0.180 e. The van der Waals surface area contributed by atoms with E-state index in [1.807, 2.05) is 0 Å². The van der Waals surface area contributed by atoms with Crippen molar-refractivity contribution in [3.8, 4) is 33.4 Å². The highest BCUT2D eigenvalue weighted by Crippen LogP contribution is 2.62. The molecule has 524 valence electrons. The van der Waals surface area contributed by atoms with Gasteiger partial charge >= 0.3 is 0 Å². The van der Waals surface area contributed by atoms with Gasteiger partial charge in [-0.25, -0.2) is 0 Å². The molecule has 18 aromatic rings. The van der Waals surface area contributed by atoms with Gasteiger partial charge < -0.3 is 18.6 Å². The summed E-state index contributed by atoms with van der Waals surface area (Å²) >= 11 is 0. The summed E-state index contributed by atoms with van der Waals surface area (Å²) in [6.07, 6.45) is 0. The van der Waals surface area contributed by atoms with Crippen molar-refractivity contribution in [2.24, 2.45) is 0 Å². The summed E-state index contributed by atoms with van der Waals surface area (Å²) < 4.78 is 15.3. The van der Waals surface area contributed by atoms with E-state index in [9.17, 15) is 0 Å². The highest BCUT2D eigenvalue weighted by Gasteiger charge is 2.49. The number of fused-ring (bicyclic) bond motifs is 11. The van der Waals surface area contributed by atoms with Gasteiger partial charge in [0.15, 0.2) is 19.2 Å². The second kappa shape index (κ2) is 26.3. The van der Waals surface area contributed by atoms with Gasteiger partial charge in [0.25, 0.3) is 0 Å². The van der Waals surface area contributed by atoms with Gasteiger partial charge in [0, 0.05) is 55.1 Å². The van der Waals surface area contributed by atoms with Gasteiger partial charge in [0.05, 0.1) is 22.5 Å². The molecule has 0 N–H and O–H groups in total. The van der Waals surface area contributed by atoms with Crippen LogP contribution >= 0.6 is 0 Å². The predicted molar refractivity (Wildman–Crippen MR) is 462 cm³/mol. The Bertz CT molecular complexity index is 6350. The number of benzene rings is 16. The third-order valence-corrected chi connectivity index (χ3v) is 28.0. The Morgan fingerprint density at radius 1 is 0.275 bits per heavy atom. The van der Waals surface area contributed by atoms with Crippen molar-refractivity contribution in [1.82, 2.24) is 0 Å². The summed E-state index contributed by atoms with van der Waals surface area (Å²) in [5.41, 5.74) is 23.5. The summed E-state index contributed by atoms with van der Waals surface area (Å²) in [6, 6.07) is 138. The molecule has 4 nitrogen and oxygen atoms in total. The number of furan rings is 2. The average Bonchev–Trinajstić information content (AvgIpc) is 1.53. The second-order valence-electron chi connectivity index (χ2n) is 31.4. The van der Waals surface area contributed by atoms with E-state index in [0.717, 1.165) is 122 Å². The van der Waals surface area contributed by atoms with E-state index in [-0.39, 0.29) is 10.8 Å². The lowest BCUT2D eigenvalue weighted by Gasteiger charge is -2.36. The Kier molecular flexibility index (Phi) is 16.1. The molecule has 0 unspecified atom stereocenters. The standard InChI is InChI=1S/C104H82N2O2Si/c1-69-33-23-24-44-80(69)84-48-29-50-86-88-52-31-54-93(100(88)107-98(84)86)105(74-61-57-70(58-62-74)102(2,3)4)76-65-66-90-91(67-76)104(72-34-13-8-14-35-72,73-36-15-9-16-37-73)92-68-95(81-45-25-26-47-83(81)97(90)92)106(75-63-59-71(60-64-75)103(5,6)7)94-55-32-53-89-87-51-30-49-85(99(87)108-101(89)94)82-46-27-28-56-96(82)109(77-38-17-10-18-39-77,78-40-19-11-20-41-78)79-42-21-12-22-43-79/h8-68H,1-7H3. The van der Waals surface area contributed by atoms with Crippen molar-refractivity contribution in [2.45, 2.75) is 64.7 Å². The third kappa shape index (κ3) is 10.8. The highest BCUT2D eigenvalue weighted by atomic mass is 28.3. The Morgan fingerprint density at radius 3 is 1.17 bits per heavy atom. The lowest BCUT2D eigenvalue weighted by Crippen LogP contribution is -2.75. The first kappa shape index (κ1) is 66.8. The number of aryl methyl sites for hydroxylation is 1. The molecule has 1 aliphatic rings. The molecule has 0 fully saturated rings. The van der Waals surface area contributed by atoms with Gasteiger partial charge in [-0.1, -0.05) is 357 Å². The number of anilines is 6. The van der Waals surface area contributed by atoms with Crippen LogP contribution in [0, 0.1) is 6.92 Å². The van der Waals surface area contributed by atoms with E-state index in [0.29, 0.717) is 0 Å². The average molecular weight is 1420 g/mol. The van der Waals surface area contributed by atoms with Crippen LogP contribution < -0.4 is 30.5 Å². The smallest absolute Gasteiger partial charge is 0.180 e. The zero-order chi connectivity index (χ0) is 73.8. The SMILES string of the molecule is Cc1ccccc1-c1cccc2c1oc1c(N(c3ccc(C(C)(C)C)cc3)c3ccc4c(c3)C(c3ccccc3)(c3ccccc3)c3cc(N(c5ccc(C(C)(C)C)cc5)c5cccc6c5oc5c(-c7ccccc7[Si](c7ccccc7)(c7ccccc7)c7ccccc7)cccc56)c5ccccc5c3-4)cccc12. The van der Waals surface area contributed by atoms with Crippen molar-refractivity contribution >= 4 is 118 Å². The summed E-state index contributed by atoms with van der Waals surface area (Å²) in [4.78, 5) is 4.94. The van der Waals surface area contributed by atoms with Crippen LogP contribution in [-0.2, 0) is 16.2 Å². The molecule has 0 spiro atoms. The topological polar surface area (TPSA) is 32.8 Å². The highest BCUT2D eigenvalue weighted by molar-refractivity contribution is 7.20. The van der Waals surface area contributed by atoms with Crippen molar-refractivity contribution in [1.29, 1.82) is 0 Å². The lowest BCUT2D eigenvalue weighted by atomic mass is 9.67. The van der Waals surface area contributed by atoms with E-state index < -0.39 is 13.5 Å². The monoisotopic (exact) mass is 1420 g/mol.